The first-order valence-electron chi connectivity index (χ1n) is 5.64. The van der Waals surface area contributed by atoms with Crippen molar-refractivity contribution in [1.82, 2.24) is 14.8 Å². The van der Waals surface area contributed by atoms with Crippen molar-refractivity contribution in [2.75, 3.05) is 0 Å². The molecule has 0 aliphatic rings. The third kappa shape index (κ3) is 2.21. The Balaban J connectivity index is 2.11. The molecular formula is C13H9ClN4S. The maximum Gasteiger partial charge on any atom is 0.170 e. The number of rotatable bonds is 2. The highest BCUT2D eigenvalue weighted by Crippen LogP contribution is 2.23. The Kier molecular flexibility index (Phi) is 2.97. The molecule has 2 aromatic heterocycles. The van der Waals surface area contributed by atoms with Crippen LogP contribution in [0.2, 0.25) is 5.02 Å². The molecule has 19 heavy (non-hydrogen) atoms. The summed E-state index contributed by atoms with van der Waals surface area (Å²) in [5.74, 6) is 0. The van der Waals surface area contributed by atoms with Gasteiger partial charge in [0.15, 0.2) is 5.69 Å². The molecule has 3 aromatic rings. The summed E-state index contributed by atoms with van der Waals surface area (Å²) in [6, 6.07) is 7.55. The van der Waals surface area contributed by atoms with Gasteiger partial charge in [0.05, 0.1) is 12.1 Å². The number of fused-ring (bicyclic) bond motifs is 1. The van der Waals surface area contributed by atoms with E-state index in [9.17, 15) is 0 Å². The number of thiazole rings is 1. The van der Waals surface area contributed by atoms with E-state index in [1.807, 2.05) is 18.4 Å². The molecule has 0 radical (unpaired) electrons. The number of halogens is 1. The summed E-state index contributed by atoms with van der Waals surface area (Å²) in [7, 11) is 0. The lowest BCUT2D eigenvalue weighted by atomic mass is 10.2. The molecule has 0 fully saturated rings. The van der Waals surface area contributed by atoms with Crippen LogP contribution < -0.4 is 0 Å². The predicted octanol–water partition coefficient (Wildman–Crippen LogP) is 3.37. The summed E-state index contributed by atoms with van der Waals surface area (Å²) >= 11 is 7.56. The van der Waals surface area contributed by atoms with Crippen molar-refractivity contribution in [3.8, 4) is 6.07 Å². The number of hydrogen-bond donors (Lipinski definition) is 0. The van der Waals surface area contributed by atoms with Crippen molar-refractivity contribution < 1.29 is 0 Å². The molecule has 6 heteroatoms. The largest absolute Gasteiger partial charge is 0.257 e. The first-order valence-corrected chi connectivity index (χ1v) is 6.90. The van der Waals surface area contributed by atoms with Crippen molar-refractivity contribution in [2.45, 2.75) is 13.5 Å². The van der Waals surface area contributed by atoms with Crippen LogP contribution in [-0.2, 0) is 6.54 Å². The van der Waals surface area contributed by atoms with Crippen molar-refractivity contribution in [1.29, 1.82) is 5.26 Å². The van der Waals surface area contributed by atoms with Gasteiger partial charge in [-0.25, -0.2) is 4.98 Å². The fraction of sp³-hybridized carbons (Fsp3) is 0.154. The topological polar surface area (TPSA) is 54.5 Å². The van der Waals surface area contributed by atoms with Crippen LogP contribution in [0.1, 0.15) is 16.4 Å². The van der Waals surface area contributed by atoms with Crippen LogP contribution in [-0.4, -0.2) is 14.8 Å². The van der Waals surface area contributed by atoms with E-state index in [1.54, 1.807) is 28.2 Å². The molecule has 94 valence electrons. The van der Waals surface area contributed by atoms with Crippen LogP contribution in [0, 0.1) is 18.3 Å². The lowest BCUT2D eigenvalue weighted by Gasteiger charge is -2.00. The first kappa shape index (κ1) is 12.2. The number of aryl methyl sites for hydroxylation is 1. The average molecular weight is 289 g/mol. The molecule has 0 N–H and O–H groups in total. The highest BCUT2D eigenvalue weighted by Gasteiger charge is 2.12. The Morgan fingerprint density at radius 1 is 1.47 bits per heavy atom. The Bertz CT molecular complexity index is 797. The van der Waals surface area contributed by atoms with Gasteiger partial charge in [-0.05, 0) is 25.1 Å². The van der Waals surface area contributed by atoms with Crippen LogP contribution in [0.4, 0.5) is 0 Å². The van der Waals surface area contributed by atoms with Crippen molar-refractivity contribution in [3.05, 3.63) is 45.0 Å². The van der Waals surface area contributed by atoms with Crippen molar-refractivity contribution >= 4 is 33.8 Å². The van der Waals surface area contributed by atoms with Crippen LogP contribution in [0.25, 0.3) is 10.9 Å². The van der Waals surface area contributed by atoms with E-state index in [-0.39, 0.29) is 0 Å². The van der Waals surface area contributed by atoms with E-state index in [4.69, 9.17) is 16.9 Å². The minimum Gasteiger partial charge on any atom is -0.257 e. The average Bonchev–Trinajstić information content (AvgIpc) is 2.94. The molecule has 0 saturated heterocycles. The summed E-state index contributed by atoms with van der Waals surface area (Å²) in [5.41, 5.74) is 2.29. The number of aromatic nitrogens is 3. The van der Waals surface area contributed by atoms with Gasteiger partial charge in [-0.1, -0.05) is 11.6 Å². The second-order valence-corrected chi connectivity index (χ2v) is 5.54. The molecule has 3 rings (SSSR count). The van der Waals surface area contributed by atoms with Gasteiger partial charge in [0.25, 0.3) is 0 Å². The zero-order chi connectivity index (χ0) is 13.4. The Hall–Kier alpha value is -1.90. The fourth-order valence-electron chi connectivity index (χ4n) is 1.96. The SMILES string of the molecule is Cc1csc(Cn2nc(C#N)c3cc(Cl)ccc32)n1. The summed E-state index contributed by atoms with van der Waals surface area (Å²) in [5, 5.41) is 17.8. The number of benzene rings is 1. The minimum atomic E-state index is 0.394. The Morgan fingerprint density at radius 2 is 2.32 bits per heavy atom. The maximum atomic E-state index is 9.13. The summed E-state index contributed by atoms with van der Waals surface area (Å²) < 4.78 is 1.79. The lowest BCUT2D eigenvalue weighted by molar-refractivity contribution is 0.703. The van der Waals surface area contributed by atoms with Crippen LogP contribution in [0.5, 0.6) is 0 Å². The van der Waals surface area contributed by atoms with Crippen molar-refractivity contribution in [2.24, 2.45) is 0 Å². The minimum absolute atomic E-state index is 0.394. The molecule has 0 atom stereocenters. The van der Waals surface area contributed by atoms with E-state index in [0.717, 1.165) is 21.6 Å². The second kappa shape index (κ2) is 4.65. The van der Waals surface area contributed by atoms with Crippen molar-refractivity contribution in [3.63, 3.8) is 0 Å². The molecule has 1 aromatic carbocycles. The van der Waals surface area contributed by atoms with Crippen LogP contribution in [0.15, 0.2) is 23.6 Å². The molecule has 0 aliphatic heterocycles. The molecule has 0 spiro atoms. The van der Waals surface area contributed by atoms with Gasteiger partial charge < -0.3 is 0 Å². The molecular weight excluding hydrogens is 280 g/mol. The third-order valence-electron chi connectivity index (χ3n) is 2.77. The lowest BCUT2D eigenvalue weighted by Crippen LogP contribution is -2.01. The molecule has 0 saturated carbocycles. The molecule has 0 amide bonds. The summed E-state index contributed by atoms with van der Waals surface area (Å²) in [6.07, 6.45) is 0. The van der Waals surface area contributed by atoms with Gasteiger partial charge in [0.1, 0.15) is 11.1 Å². The normalized spacial score (nSPS) is 10.8. The van der Waals surface area contributed by atoms with E-state index < -0.39 is 0 Å². The molecule has 4 nitrogen and oxygen atoms in total. The predicted molar refractivity (Wildman–Crippen MR) is 75.4 cm³/mol. The second-order valence-electron chi connectivity index (χ2n) is 4.16. The fourth-order valence-corrected chi connectivity index (χ4v) is 2.88. The van der Waals surface area contributed by atoms with Gasteiger partial charge >= 0.3 is 0 Å². The quantitative estimate of drug-likeness (QED) is 0.726. The zero-order valence-corrected chi connectivity index (χ0v) is 11.7. The first-order chi connectivity index (χ1) is 9.17. The van der Waals surface area contributed by atoms with Crippen LogP contribution >= 0.6 is 22.9 Å². The van der Waals surface area contributed by atoms with E-state index in [0.29, 0.717) is 17.3 Å². The Labute approximate surface area is 118 Å². The van der Waals surface area contributed by atoms with Gasteiger partial charge in [-0.15, -0.1) is 11.3 Å². The third-order valence-corrected chi connectivity index (χ3v) is 3.96. The highest BCUT2D eigenvalue weighted by atomic mass is 35.5. The van der Waals surface area contributed by atoms with Gasteiger partial charge in [0.2, 0.25) is 0 Å². The zero-order valence-electron chi connectivity index (χ0n) is 10.1. The molecule has 0 aliphatic carbocycles. The number of nitriles is 1. The highest BCUT2D eigenvalue weighted by molar-refractivity contribution is 7.09. The smallest absolute Gasteiger partial charge is 0.170 e. The molecule has 0 unspecified atom stereocenters. The van der Waals surface area contributed by atoms with E-state index >= 15 is 0 Å². The number of nitrogens with zero attached hydrogens (tertiary/aromatic N) is 4. The van der Waals surface area contributed by atoms with Gasteiger partial charge in [-0.3, -0.25) is 4.68 Å². The summed E-state index contributed by atoms with van der Waals surface area (Å²) in [6.45, 7) is 2.53. The van der Waals surface area contributed by atoms with Gasteiger partial charge in [0, 0.05) is 21.5 Å². The van der Waals surface area contributed by atoms with Crippen LogP contribution in [0.3, 0.4) is 0 Å². The molecule has 0 bridgehead atoms. The Morgan fingerprint density at radius 3 is 3.00 bits per heavy atom. The summed E-state index contributed by atoms with van der Waals surface area (Å²) in [4.78, 5) is 4.41. The molecule has 2 heterocycles. The monoisotopic (exact) mass is 288 g/mol. The van der Waals surface area contributed by atoms with E-state index in [2.05, 4.69) is 16.2 Å². The van der Waals surface area contributed by atoms with E-state index in [1.165, 1.54) is 0 Å². The maximum absolute atomic E-state index is 9.13. The standard InChI is InChI=1S/C13H9ClN4S/c1-8-7-19-13(16-8)6-18-12-3-2-9(14)4-10(12)11(5-15)17-18/h2-4,7H,6H2,1H3. The van der Waals surface area contributed by atoms with Gasteiger partial charge in [-0.2, -0.15) is 10.4 Å². The number of hydrogen-bond acceptors (Lipinski definition) is 4.